The first-order chi connectivity index (χ1) is 34.6. The summed E-state index contributed by atoms with van der Waals surface area (Å²) in [6, 6.07) is 29.1. The molecule has 0 amide bonds. The summed E-state index contributed by atoms with van der Waals surface area (Å²) in [6.07, 6.45) is 19.4. The van der Waals surface area contributed by atoms with Gasteiger partial charge in [0.1, 0.15) is 5.76 Å². The van der Waals surface area contributed by atoms with Gasteiger partial charge in [0.05, 0.1) is 11.2 Å². The quantitative estimate of drug-likeness (QED) is 0.0774. The molecule has 2 fully saturated rings. The number of allylic oxidation sites excluding steroid dienone is 2. The van der Waals surface area contributed by atoms with Crippen LogP contribution in [0, 0.1) is 48.5 Å². The van der Waals surface area contributed by atoms with Crippen molar-refractivity contribution in [3.05, 3.63) is 132 Å². The van der Waals surface area contributed by atoms with E-state index in [0.717, 1.165) is 81.6 Å². The molecule has 8 aromatic rings. The molecule has 0 saturated heterocycles. The van der Waals surface area contributed by atoms with E-state index >= 15 is 0 Å². The zero-order valence-electron chi connectivity index (χ0n) is 46.1. The summed E-state index contributed by atoms with van der Waals surface area (Å²) in [6.45, 7) is 7.12. The number of aliphatic hydroxyl groups excluding tert-OH is 1. The van der Waals surface area contributed by atoms with Gasteiger partial charge in [0.25, 0.3) is 0 Å². The molecule has 9 heteroatoms. The Kier molecular flexibility index (Phi) is 13.7. The van der Waals surface area contributed by atoms with Crippen LogP contribution in [-0.2, 0) is 37.7 Å². The van der Waals surface area contributed by atoms with Gasteiger partial charge in [0, 0.05) is 79.8 Å². The minimum atomic E-state index is -2.27. The molecule has 2 saturated carbocycles. The van der Waals surface area contributed by atoms with E-state index in [4.69, 9.17) is 17.1 Å². The third kappa shape index (κ3) is 11.5. The van der Waals surface area contributed by atoms with Crippen molar-refractivity contribution in [3.8, 4) is 22.5 Å². The van der Waals surface area contributed by atoms with E-state index in [2.05, 4.69) is 56.3 Å². The molecule has 357 valence electrons. The largest absolute Gasteiger partial charge is 0.512 e. The first-order valence-corrected chi connectivity index (χ1v) is 24.0. The molecule has 0 aliphatic heterocycles. The number of hydrogen-bond acceptors (Lipinski definition) is 8. The van der Waals surface area contributed by atoms with E-state index < -0.39 is 13.7 Å². The zero-order chi connectivity index (χ0) is 52.3. The van der Waals surface area contributed by atoms with E-state index in [0.29, 0.717) is 22.6 Å². The number of hydrogen-bond donors (Lipinski definition) is 1. The number of rotatable bonds is 11. The van der Waals surface area contributed by atoms with Gasteiger partial charge in [-0.3, -0.25) is 4.79 Å². The monoisotopic (exact) mass is 1090 g/mol. The van der Waals surface area contributed by atoms with Crippen LogP contribution in [0.1, 0.15) is 136 Å². The second kappa shape index (κ2) is 21.8. The predicted molar refractivity (Wildman–Crippen MR) is 272 cm³/mol. The number of aromatic nitrogens is 4. The van der Waals surface area contributed by atoms with E-state index in [9.17, 15) is 9.90 Å². The first kappa shape index (κ1) is 42.6. The van der Waals surface area contributed by atoms with Crippen molar-refractivity contribution in [1.29, 1.82) is 0 Å². The van der Waals surface area contributed by atoms with Crippen molar-refractivity contribution in [3.63, 3.8) is 0 Å². The Balaban J connectivity index is 0.000000170. The van der Waals surface area contributed by atoms with Crippen molar-refractivity contribution < 1.29 is 47.1 Å². The van der Waals surface area contributed by atoms with Gasteiger partial charge in [-0.1, -0.05) is 138 Å². The molecule has 0 unspecified atom stereocenters. The molecule has 8 nitrogen and oxygen atoms in total. The molecule has 0 bridgehead atoms. The van der Waals surface area contributed by atoms with Gasteiger partial charge in [-0.05, 0) is 99.0 Å². The molecule has 6 aromatic heterocycles. The zero-order valence-corrected chi connectivity index (χ0v) is 42.5. The molecule has 6 heterocycles. The second-order valence-corrected chi connectivity index (χ2v) is 19.7. The summed E-state index contributed by atoms with van der Waals surface area (Å²) < 4.78 is 57.6. The van der Waals surface area contributed by atoms with Crippen LogP contribution in [0.2, 0.25) is 0 Å². The minimum absolute atomic E-state index is 0. The Labute approximate surface area is 424 Å². The van der Waals surface area contributed by atoms with Gasteiger partial charge in [0.15, 0.2) is 5.78 Å². The number of nitrogens with zero attached hydrogens (tertiary/aromatic N) is 4. The van der Waals surface area contributed by atoms with Crippen molar-refractivity contribution in [2.45, 2.75) is 132 Å². The Morgan fingerprint density at radius 3 is 1.53 bits per heavy atom. The van der Waals surface area contributed by atoms with Crippen LogP contribution >= 0.6 is 0 Å². The van der Waals surface area contributed by atoms with Crippen LogP contribution in [0.4, 0.5) is 0 Å². The molecule has 1 radical (unpaired) electrons. The Morgan fingerprint density at radius 1 is 0.676 bits per heavy atom. The van der Waals surface area contributed by atoms with Crippen LogP contribution in [0.25, 0.3) is 66.7 Å². The van der Waals surface area contributed by atoms with Gasteiger partial charge < -0.3 is 23.9 Å². The normalized spacial score (nSPS) is 16.5. The molecule has 2 aromatic carbocycles. The Hall–Kier alpha value is -5.50. The third-order valence-corrected chi connectivity index (χ3v) is 14.2. The van der Waals surface area contributed by atoms with E-state index in [-0.39, 0.29) is 53.9 Å². The van der Waals surface area contributed by atoms with Gasteiger partial charge in [-0.25, -0.2) is 9.97 Å². The average Bonchev–Trinajstić information content (AvgIpc) is 4.21. The summed E-state index contributed by atoms with van der Waals surface area (Å²) in [5.41, 5.74) is 7.10. The van der Waals surface area contributed by atoms with Crippen molar-refractivity contribution in [2.24, 2.45) is 22.7 Å². The van der Waals surface area contributed by atoms with Crippen LogP contribution in [0.15, 0.2) is 106 Å². The number of carbonyl (C=O) groups excluding carboxylic acids is 1. The van der Waals surface area contributed by atoms with Gasteiger partial charge >= 0.3 is 0 Å². The summed E-state index contributed by atoms with van der Waals surface area (Å²) in [4.78, 5) is 29.4. The van der Waals surface area contributed by atoms with E-state index in [1.165, 1.54) is 68.6 Å². The standard InChI is InChI=1S/2C23H21N2O.C13H24O2.Ir/c2*1-15-9-10-19-18-7-4-8-20(22(18)26-23(19)25-15)21-14-17(11-12-24-21)13-16-5-2-3-6-16;1-7-12(3,4)10(14)9-11(15)13(5,6)8-2;/h2*4,7,9-12,14,16H,2-3,5-6,13H2,1H3;9,14H,7-8H2,1-6H3;/q2*-1;;/b;;10-9-;/i2*1D3;;. The fraction of sp³-hybridized carbons (Fsp3) is 0.407. The fourth-order valence-corrected chi connectivity index (χ4v) is 9.07. The number of ketones is 1. The molecule has 1 N–H and O–H groups in total. The number of pyridine rings is 4. The van der Waals surface area contributed by atoms with Crippen LogP contribution in [0.3, 0.4) is 0 Å². The van der Waals surface area contributed by atoms with Crippen molar-refractivity contribution in [1.82, 2.24) is 19.9 Å². The summed E-state index contributed by atoms with van der Waals surface area (Å²) in [5.74, 6) is 1.72. The van der Waals surface area contributed by atoms with Crippen LogP contribution in [0.5, 0.6) is 0 Å². The number of furan rings is 2. The summed E-state index contributed by atoms with van der Waals surface area (Å²) in [7, 11) is 0. The Morgan fingerprint density at radius 2 is 1.12 bits per heavy atom. The topological polar surface area (TPSA) is 115 Å². The third-order valence-electron chi connectivity index (χ3n) is 14.2. The molecular weight excluding hydrogens is 1020 g/mol. The summed E-state index contributed by atoms with van der Waals surface area (Å²) in [5, 5.41) is 13.2. The maximum Gasteiger partial charge on any atom is 0.216 e. The number of carbonyl (C=O) groups is 1. The van der Waals surface area contributed by atoms with Gasteiger partial charge in [-0.2, -0.15) is 0 Å². The number of aryl methyl sites for hydroxylation is 2. The van der Waals surface area contributed by atoms with E-state index in [1.807, 2.05) is 78.2 Å². The molecule has 2 aliphatic carbocycles. The molecule has 2 aliphatic rings. The average molecular weight is 1090 g/mol. The smallest absolute Gasteiger partial charge is 0.216 e. The molecular formula is C59H66IrN4O4-2. The predicted octanol–water partition coefficient (Wildman–Crippen LogP) is 15.6. The SMILES string of the molecule is CCC(C)(C)C(=O)/C=C(\O)C(C)(C)CC.[2H]C([2H])([2H])c1ccc2c(n1)oc1c(-c3cc(CC4CCCC4)ccn3)[c-]ccc12.[2H]C([2H])([2H])c1ccc2c(n1)oc1c(-c3cc(CC4CCCC4)ccn3)[c-]ccc12.[Ir]. The van der Waals surface area contributed by atoms with Gasteiger partial charge in [-0.15, -0.1) is 36.4 Å². The second-order valence-electron chi connectivity index (χ2n) is 19.7. The maximum absolute atomic E-state index is 11.8. The molecule has 0 atom stereocenters. The number of aliphatic hydroxyl groups is 1. The van der Waals surface area contributed by atoms with E-state index in [1.54, 1.807) is 24.3 Å². The Bertz CT molecular complexity index is 3080. The molecule has 0 spiro atoms. The van der Waals surface area contributed by atoms with Crippen molar-refractivity contribution in [2.75, 3.05) is 0 Å². The molecule has 68 heavy (non-hydrogen) atoms. The summed E-state index contributed by atoms with van der Waals surface area (Å²) >= 11 is 0. The van der Waals surface area contributed by atoms with Gasteiger partial charge in [0.2, 0.25) is 11.4 Å². The number of benzene rings is 2. The number of fused-ring (bicyclic) bond motifs is 6. The van der Waals surface area contributed by atoms with Crippen molar-refractivity contribution >= 4 is 49.9 Å². The fourth-order valence-electron chi connectivity index (χ4n) is 9.07. The van der Waals surface area contributed by atoms with Crippen LogP contribution in [-0.4, -0.2) is 30.8 Å². The first-order valence-electron chi connectivity index (χ1n) is 27.0. The maximum atomic E-state index is 11.8. The van der Waals surface area contributed by atoms with Crippen LogP contribution < -0.4 is 0 Å². The molecule has 10 rings (SSSR count). The minimum Gasteiger partial charge on any atom is -0.512 e.